The van der Waals surface area contributed by atoms with Crippen LogP contribution in [0.5, 0.6) is 0 Å². The van der Waals surface area contributed by atoms with Crippen LogP contribution >= 0.6 is 11.8 Å². The Bertz CT molecular complexity index is 1410. The third kappa shape index (κ3) is 4.13. The van der Waals surface area contributed by atoms with Gasteiger partial charge in [-0.2, -0.15) is 0 Å². The van der Waals surface area contributed by atoms with Crippen LogP contribution < -0.4 is 5.32 Å². The summed E-state index contributed by atoms with van der Waals surface area (Å²) in [4.78, 5) is 17.0. The van der Waals surface area contributed by atoms with Crippen molar-refractivity contribution in [1.29, 1.82) is 0 Å². The number of aromatic nitrogens is 3. The zero-order valence-corrected chi connectivity index (χ0v) is 17.5. The average molecular weight is 427 g/mol. The van der Waals surface area contributed by atoms with Crippen molar-refractivity contribution in [2.24, 2.45) is 0 Å². The second-order valence-electron chi connectivity index (χ2n) is 7.10. The monoisotopic (exact) mass is 426 g/mol. The Morgan fingerprint density at radius 1 is 0.968 bits per heavy atom. The van der Waals surface area contributed by atoms with Gasteiger partial charge in [0.15, 0.2) is 0 Å². The lowest BCUT2D eigenvalue weighted by molar-refractivity contribution is -0.113. The fourth-order valence-corrected chi connectivity index (χ4v) is 4.00. The number of rotatable bonds is 5. The molecular formula is C24H18N4O2S. The van der Waals surface area contributed by atoms with Gasteiger partial charge in [0.1, 0.15) is 0 Å². The van der Waals surface area contributed by atoms with Gasteiger partial charge in [-0.3, -0.25) is 9.78 Å². The van der Waals surface area contributed by atoms with Crippen LogP contribution in [0, 0.1) is 6.92 Å². The molecular weight excluding hydrogens is 408 g/mol. The largest absolute Gasteiger partial charge is 0.411 e. The lowest BCUT2D eigenvalue weighted by Crippen LogP contribution is -2.14. The summed E-state index contributed by atoms with van der Waals surface area (Å²) in [6, 6.07) is 23.7. The highest BCUT2D eigenvalue weighted by Crippen LogP contribution is 2.27. The molecule has 152 valence electrons. The second kappa shape index (κ2) is 8.20. The number of hydrogen-bond donors (Lipinski definition) is 1. The van der Waals surface area contributed by atoms with E-state index in [0.29, 0.717) is 11.1 Å². The van der Waals surface area contributed by atoms with E-state index in [4.69, 9.17) is 4.42 Å². The fourth-order valence-electron chi connectivity index (χ4n) is 3.43. The van der Waals surface area contributed by atoms with Gasteiger partial charge in [0.25, 0.3) is 5.22 Å². The first-order chi connectivity index (χ1) is 15.2. The molecule has 2 aromatic heterocycles. The van der Waals surface area contributed by atoms with Gasteiger partial charge in [-0.15, -0.1) is 10.2 Å². The first-order valence-electron chi connectivity index (χ1n) is 9.77. The zero-order chi connectivity index (χ0) is 21.2. The van der Waals surface area contributed by atoms with Crippen LogP contribution in [-0.2, 0) is 4.79 Å². The van der Waals surface area contributed by atoms with E-state index in [2.05, 4.69) is 26.6 Å². The number of thioether (sulfide) groups is 1. The van der Waals surface area contributed by atoms with Gasteiger partial charge in [-0.1, -0.05) is 60.3 Å². The van der Waals surface area contributed by atoms with Gasteiger partial charge in [-0.25, -0.2) is 0 Å². The highest BCUT2D eigenvalue weighted by atomic mass is 32.2. The van der Waals surface area contributed by atoms with Crippen molar-refractivity contribution in [3.63, 3.8) is 0 Å². The standard InChI is InChI=1S/C24H18N4O2S/c1-15-12-21(19-8-4-5-9-20(19)25-15)26-22(29)14-31-24-28-27-23(30-24)18-11-10-16-6-2-3-7-17(16)13-18/h2-13H,14H2,1H3,(H,25,26,29). The number of nitrogens with one attached hydrogen (secondary N) is 1. The molecule has 1 amide bonds. The van der Waals surface area contributed by atoms with Crippen molar-refractivity contribution in [1.82, 2.24) is 15.2 Å². The number of carbonyl (C=O) groups excluding carboxylic acids is 1. The minimum absolute atomic E-state index is 0.147. The summed E-state index contributed by atoms with van der Waals surface area (Å²) in [5.74, 6) is 0.449. The fraction of sp³-hybridized carbons (Fsp3) is 0.0833. The first-order valence-corrected chi connectivity index (χ1v) is 10.8. The van der Waals surface area contributed by atoms with Crippen molar-refractivity contribution in [3.8, 4) is 11.5 Å². The maximum absolute atomic E-state index is 12.5. The molecule has 7 heteroatoms. The second-order valence-corrected chi connectivity index (χ2v) is 8.03. The number of benzene rings is 3. The lowest BCUT2D eigenvalue weighted by Gasteiger charge is -2.09. The predicted octanol–water partition coefficient (Wildman–Crippen LogP) is 5.48. The SMILES string of the molecule is Cc1cc(NC(=O)CSc2nnc(-c3ccc4ccccc4c3)o2)c2ccccc2n1. The summed E-state index contributed by atoms with van der Waals surface area (Å²) in [6.07, 6.45) is 0. The van der Waals surface area contributed by atoms with Gasteiger partial charge in [0.05, 0.1) is 17.0 Å². The molecule has 0 atom stereocenters. The van der Waals surface area contributed by atoms with Crippen LogP contribution in [0.3, 0.4) is 0 Å². The maximum Gasteiger partial charge on any atom is 0.277 e. The minimum atomic E-state index is -0.147. The molecule has 0 unspecified atom stereocenters. The molecule has 0 saturated carbocycles. The molecule has 2 heterocycles. The molecule has 0 saturated heterocycles. The Morgan fingerprint density at radius 2 is 1.77 bits per heavy atom. The highest BCUT2D eigenvalue weighted by Gasteiger charge is 2.13. The first kappa shape index (κ1) is 19.3. The number of hydrogen-bond acceptors (Lipinski definition) is 6. The molecule has 0 aliphatic heterocycles. The van der Waals surface area contributed by atoms with Gasteiger partial charge in [0, 0.05) is 16.6 Å². The summed E-state index contributed by atoms with van der Waals surface area (Å²) in [5.41, 5.74) is 3.29. The Hall–Kier alpha value is -3.71. The molecule has 0 spiro atoms. The molecule has 0 fully saturated rings. The number of aryl methyl sites for hydroxylation is 1. The van der Waals surface area contributed by atoms with Gasteiger partial charge >= 0.3 is 0 Å². The Balaban J connectivity index is 1.28. The van der Waals surface area contributed by atoms with Crippen LogP contribution in [0.15, 0.2) is 82.4 Å². The summed E-state index contributed by atoms with van der Waals surface area (Å²) in [5, 5.41) is 14.7. The smallest absolute Gasteiger partial charge is 0.277 e. The third-order valence-corrected chi connectivity index (χ3v) is 5.67. The van der Waals surface area contributed by atoms with E-state index in [-0.39, 0.29) is 11.7 Å². The van der Waals surface area contributed by atoms with Crippen LogP contribution in [0.25, 0.3) is 33.1 Å². The van der Waals surface area contributed by atoms with Crippen LogP contribution in [0.2, 0.25) is 0 Å². The van der Waals surface area contributed by atoms with E-state index in [0.717, 1.165) is 38.6 Å². The van der Waals surface area contributed by atoms with Crippen molar-refractivity contribution >= 4 is 45.0 Å². The molecule has 3 aromatic carbocycles. The quantitative estimate of drug-likeness (QED) is 0.375. The Kier molecular flexibility index (Phi) is 5.09. The number of carbonyl (C=O) groups is 1. The molecule has 1 N–H and O–H groups in total. The van der Waals surface area contributed by atoms with Crippen molar-refractivity contribution in [2.45, 2.75) is 12.1 Å². The normalized spacial score (nSPS) is 11.1. The number of nitrogens with zero attached hydrogens (tertiary/aromatic N) is 3. The molecule has 0 aliphatic rings. The van der Waals surface area contributed by atoms with Gasteiger partial charge in [0.2, 0.25) is 11.8 Å². The van der Waals surface area contributed by atoms with E-state index < -0.39 is 0 Å². The third-order valence-electron chi connectivity index (χ3n) is 4.85. The molecule has 5 aromatic rings. The van der Waals surface area contributed by atoms with Crippen molar-refractivity contribution < 1.29 is 9.21 Å². The summed E-state index contributed by atoms with van der Waals surface area (Å²) in [6.45, 7) is 1.91. The Labute approximate surface area is 182 Å². The summed E-state index contributed by atoms with van der Waals surface area (Å²) in [7, 11) is 0. The molecule has 0 aliphatic carbocycles. The van der Waals surface area contributed by atoms with Gasteiger partial charge < -0.3 is 9.73 Å². The van der Waals surface area contributed by atoms with E-state index in [1.165, 1.54) is 11.8 Å². The zero-order valence-electron chi connectivity index (χ0n) is 16.7. The number of amides is 1. The molecule has 6 nitrogen and oxygen atoms in total. The average Bonchev–Trinajstić information content (AvgIpc) is 3.26. The van der Waals surface area contributed by atoms with E-state index in [1.807, 2.05) is 73.7 Å². The van der Waals surface area contributed by atoms with Crippen molar-refractivity contribution in [2.75, 3.05) is 11.1 Å². The molecule has 31 heavy (non-hydrogen) atoms. The lowest BCUT2D eigenvalue weighted by atomic mass is 10.1. The maximum atomic E-state index is 12.5. The summed E-state index contributed by atoms with van der Waals surface area (Å²) < 4.78 is 5.76. The van der Waals surface area contributed by atoms with Crippen LogP contribution in [-0.4, -0.2) is 26.8 Å². The minimum Gasteiger partial charge on any atom is -0.411 e. The van der Waals surface area contributed by atoms with E-state index in [9.17, 15) is 4.79 Å². The highest BCUT2D eigenvalue weighted by molar-refractivity contribution is 7.99. The van der Waals surface area contributed by atoms with E-state index >= 15 is 0 Å². The Morgan fingerprint density at radius 3 is 2.68 bits per heavy atom. The van der Waals surface area contributed by atoms with Crippen molar-refractivity contribution in [3.05, 3.63) is 78.5 Å². The number of anilines is 1. The topological polar surface area (TPSA) is 80.9 Å². The molecule has 0 radical (unpaired) electrons. The van der Waals surface area contributed by atoms with Gasteiger partial charge in [-0.05, 0) is 42.0 Å². The predicted molar refractivity (Wildman–Crippen MR) is 123 cm³/mol. The molecule has 0 bridgehead atoms. The van der Waals surface area contributed by atoms with Crippen LogP contribution in [0.4, 0.5) is 5.69 Å². The number of fused-ring (bicyclic) bond motifs is 2. The summed E-state index contributed by atoms with van der Waals surface area (Å²) >= 11 is 1.21. The van der Waals surface area contributed by atoms with E-state index in [1.54, 1.807) is 0 Å². The number of pyridine rings is 1. The number of para-hydroxylation sites is 1. The van der Waals surface area contributed by atoms with Crippen LogP contribution in [0.1, 0.15) is 5.69 Å². The molecule has 5 rings (SSSR count).